The van der Waals surface area contributed by atoms with Gasteiger partial charge in [-0.2, -0.15) is 0 Å². The van der Waals surface area contributed by atoms with Crippen LogP contribution in [0.15, 0.2) is 194 Å². The Kier molecular flexibility index (Phi) is 13.2. The maximum Gasteiger partial charge on any atom is 0.148 e. The van der Waals surface area contributed by atoms with Gasteiger partial charge < -0.3 is 5.11 Å². The molecule has 356 valence electrons. The number of aromatic nitrogens is 3. The number of aromatic hydroxyl groups is 1. The van der Waals surface area contributed by atoms with Crippen molar-refractivity contribution in [3.8, 4) is 89.7 Å². The van der Waals surface area contributed by atoms with Gasteiger partial charge in [0, 0.05) is 44.1 Å². The van der Waals surface area contributed by atoms with Crippen LogP contribution in [-0.4, -0.2) is 19.6 Å². The Bertz CT molecular complexity index is 3520. The second kappa shape index (κ2) is 19.2. The molecule has 0 atom stereocenters. The van der Waals surface area contributed by atoms with E-state index in [1.165, 1.54) is 16.7 Å². The molecule has 71 heavy (non-hydrogen) atoms. The van der Waals surface area contributed by atoms with E-state index in [0.29, 0.717) is 11.4 Å². The Morgan fingerprint density at radius 1 is 0.437 bits per heavy atom. The zero-order valence-corrected chi connectivity index (χ0v) is 44.4. The minimum atomic E-state index is -0.341. The Morgan fingerprint density at radius 2 is 0.986 bits per heavy atom. The molecule has 0 spiro atoms. The van der Waals surface area contributed by atoms with Gasteiger partial charge in [0.1, 0.15) is 11.6 Å². The fourth-order valence-corrected chi connectivity index (χ4v) is 9.49. The number of pyridine rings is 1. The minimum Gasteiger partial charge on any atom is -0.507 e. The molecule has 2 aromatic heterocycles. The first-order valence-electron chi connectivity index (χ1n) is 24.4. The van der Waals surface area contributed by atoms with E-state index in [1.807, 2.05) is 12.3 Å². The predicted octanol–water partition coefficient (Wildman–Crippen LogP) is 17.5. The first kappa shape index (κ1) is 48.9. The van der Waals surface area contributed by atoms with Crippen LogP contribution in [0, 0.1) is 6.07 Å². The molecular weight excluding hydrogens is 1050 g/mol. The van der Waals surface area contributed by atoms with Crippen molar-refractivity contribution in [3.05, 3.63) is 217 Å². The average Bonchev–Trinajstić information content (AvgIpc) is 3.75. The summed E-state index contributed by atoms with van der Waals surface area (Å²) in [5.41, 5.74) is 18.4. The van der Waals surface area contributed by atoms with Gasteiger partial charge in [-0.25, -0.2) is 4.98 Å². The number of fused-ring (bicyclic) bond motifs is 1. The minimum absolute atomic E-state index is 0. The third-order valence-corrected chi connectivity index (χ3v) is 13.5. The van der Waals surface area contributed by atoms with E-state index in [4.69, 9.17) is 9.97 Å². The van der Waals surface area contributed by atoms with Crippen molar-refractivity contribution in [3.63, 3.8) is 0 Å². The topological polar surface area (TPSA) is 50.9 Å². The van der Waals surface area contributed by atoms with Gasteiger partial charge in [0.15, 0.2) is 0 Å². The largest absolute Gasteiger partial charge is 0.507 e. The standard InChI is InChI=1S/C66H60N3O.Pt/c1-64(2,3)52-32-33-59(55(40-52)47-24-17-12-18-25-47)69-60-27-19-26-54(61(60)68-63(69)56-41-53(65(4,5)6)42-57(62(56)70)66(7,8)9)50-36-49(44-22-15-11-16-23-44)37-51(38-50)58-39-48(34-35-67-58)46-30-28-45(29-31-46)43-20-13-10-14-21-43;/h10-37,39-42,70H,1-9H3;/q-1;. The van der Waals surface area contributed by atoms with Crippen LogP contribution in [0.1, 0.15) is 79.0 Å². The van der Waals surface area contributed by atoms with Crippen LogP contribution < -0.4 is 0 Å². The predicted molar refractivity (Wildman–Crippen MR) is 294 cm³/mol. The molecule has 5 heteroatoms. The van der Waals surface area contributed by atoms with Gasteiger partial charge in [0.25, 0.3) is 0 Å². The molecule has 0 bridgehead atoms. The van der Waals surface area contributed by atoms with Crippen molar-refractivity contribution in [2.45, 2.75) is 78.6 Å². The van der Waals surface area contributed by atoms with E-state index in [2.05, 4.69) is 255 Å². The molecule has 0 aliphatic rings. The number of imidazole rings is 1. The maximum atomic E-state index is 12.6. The molecule has 0 aliphatic heterocycles. The van der Waals surface area contributed by atoms with E-state index in [9.17, 15) is 5.11 Å². The molecule has 0 radical (unpaired) electrons. The Hall–Kier alpha value is -7.13. The van der Waals surface area contributed by atoms with Crippen molar-refractivity contribution in [2.24, 2.45) is 0 Å². The fourth-order valence-electron chi connectivity index (χ4n) is 9.49. The smallest absolute Gasteiger partial charge is 0.148 e. The van der Waals surface area contributed by atoms with E-state index in [1.54, 1.807) is 0 Å². The number of phenols is 1. The van der Waals surface area contributed by atoms with Crippen LogP contribution in [0.25, 0.3) is 95.0 Å². The first-order chi connectivity index (χ1) is 33.5. The summed E-state index contributed by atoms with van der Waals surface area (Å²) in [6.07, 6.45) is 1.90. The number of nitrogens with zero attached hydrogens (tertiary/aromatic N) is 3. The summed E-state index contributed by atoms with van der Waals surface area (Å²) in [6.45, 7) is 20.0. The zero-order chi connectivity index (χ0) is 49.0. The Morgan fingerprint density at radius 3 is 1.59 bits per heavy atom. The second-order valence-electron chi connectivity index (χ2n) is 21.6. The fraction of sp³-hybridized carbons (Fsp3) is 0.182. The molecule has 0 saturated carbocycles. The van der Waals surface area contributed by atoms with E-state index in [0.717, 1.165) is 83.6 Å². The second-order valence-corrected chi connectivity index (χ2v) is 21.6. The molecule has 0 unspecified atom stereocenters. The molecule has 2 heterocycles. The molecule has 0 saturated heterocycles. The Balaban J connectivity index is 0.00000624. The quantitative estimate of drug-likeness (QED) is 0.154. The zero-order valence-electron chi connectivity index (χ0n) is 42.1. The van der Waals surface area contributed by atoms with Crippen LogP contribution >= 0.6 is 0 Å². The monoisotopic (exact) mass is 1110 g/mol. The van der Waals surface area contributed by atoms with Crippen LogP contribution in [0.4, 0.5) is 0 Å². The molecule has 0 amide bonds. The van der Waals surface area contributed by atoms with E-state index >= 15 is 0 Å². The number of para-hydroxylation sites is 1. The SMILES string of the molecule is CC(C)(C)c1ccc(-n2c(-c3cc(C(C)(C)C)cc(C(C)(C)C)c3O)nc3c(-c4[c-]c(-c5cc(-c6ccc(-c7ccccc7)cc6)ccn5)cc(-c5ccccc5)c4)cccc32)c(-c2ccccc2)c1.[Pt]. The van der Waals surface area contributed by atoms with E-state index in [-0.39, 0.29) is 43.1 Å². The maximum absolute atomic E-state index is 12.6. The van der Waals surface area contributed by atoms with Crippen molar-refractivity contribution in [2.75, 3.05) is 0 Å². The van der Waals surface area contributed by atoms with Crippen molar-refractivity contribution in [1.29, 1.82) is 0 Å². The third kappa shape index (κ3) is 9.84. The summed E-state index contributed by atoms with van der Waals surface area (Å²) < 4.78 is 2.28. The van der Waals surface area contributed by atoms with Gasteiger partial charge in [-0.3, -0.25) is 9.55 Å². The van der Waals surface area contributed by atoms with Gasteiger partial charge in [-0.05, 0) is 91.1 Å². The Labute approximate surface area is 434 Å². The molecule has 0 aliphatic carbocycles. The molecule has 0 fully saturated rings. The molecule has 4 nitrogen and oxygen atoms in total. The van der Waals surface area contributed by atoms with Crippen LogP contribution in [0.2, 0.25) is 0 Å². The first-order valence-corrected chi connectivity index (χ1v) is 24.4. The van der Waals surface area contributed by atoms with Gasteiger partial charge >= 0.3 is 0 Å². The summed E-state index contributed by atoms with van der Waals surface area (Å²) in [6, 6.07) is 70.5. The van der Waals surface area contributed by atoms with Crippen molar-refractivity contribution < 1.29 is 26.2 Å². The number of rotatable bonds is 8. The van der Waals surface area contributed by atoms with E-state index < -0.39 is 0 Å². The normalized spacial score (nSPS) is 12.0. The summed E-state index contributed by atoms with van der Waals surface area (Å²) >= 11 is 0. The van der Waals surface area contributed by atoms with Crippen molar-refractivity contribution in [1.82, 2.24) is 14.5 Å². The number of hydrogen-bond acceptors (Lipinski definition) is 3. The van der Waals surface area contributed by atoms with Gasteiger partial charge in [0.05, 0.1) is 22.3 Å². The van der Waals surface area contributed by atoms with Crippen LogP contribution in [0.3, 0.4) is 0 Å². The number of phenolic OH excluding ortho intramolecular Hbond substituents is 1. The molecule has 10 aromatic rings. The molecule has 10 rings (SSSR count). The van der Waals surface area contributed by atoms with Gasteiger partial charge in [-0.15, -0.1) is 23.8 Å². The summed E-state index contributed by atoms with van der Waals surface area (Å²) in [4.78, 5) is 10.7. The number of hydrogen-bond donors (Lipinski definition) is 1. The van der Waals surface area contributed by atoms with Gasteiger partial charge in [0.2, 0.25) is 0 Å². The van der Waals surface area contributed by atoms with Crippen LogP contribution in [0.5, 0.6) is 5.75 Å². The van der Waals surface area contributed by atoms with Crippen molar-refractivity contribution >= 4 is 11.0 Å². The average molecular weight is 1110 g/mol. The summed E-state index contributed by atoms with van der Waals surface area (Å²) in [7, 11) is 0. The molecular formula is C66H60N3OPt-. The third-order valence-electron chi connectivity index (χ3n) is 13.5. The molecule has 1 N–H and O–H groups in total. The molecule has 8 aromatic carbocycles. The summed E-state index contributed by atoms with van der Waals surface area (Å²) in [5, 5.41) is 12.6. The van der Waals surface area contributed by atoms with Gasteiger partial charge in [-0.1, -0.05) is 225 Å². The van der Waals surface area contributed by atoms with Crippen LogP contribution in [-0.2, 0) is 37.3 Å². The summed E-state index contributed by atoms with van der Waals surface area (Å²) in [5.74, 6) is 0.913. The number of benzene rings is 8.